The predicted molar refractivity (Wildman–Crippen MR) is 79.0 cm³/mol. The van der Waals surface area contributed by atoms with Crippen molar-refractivity contribution in [3.63, 3.8) is 0 Å². The molecule has 0 aliphatic rings. The average molecular weight is 314 g/mol. The number of nitrogens with one attached hydrogen (secondary N) is 1. The zero-order valence-corrected chi connectivity index (χ0v) is 12.7. The Morgan fingerprint density at radius 2 is 2.20 bits per heavy atom. The molecule has 2 rings (SSSR count). The molecule has 0 aliphatic heterocycles. The molecule has 5 nitrogen and oxygen atoms in total. The van der Waals surface area contributed by atoms with E-state index in [1.54, 1.807) is 25.4 Å². The summed E-state index contributed by atoms with van der Waals surface area (Å²) in [6.45, 7) is 0.290. The lowest BCUT2D eigenvalue weighted by Gasteiger charge is -2.16. The third-order valence-electron chi connectivity index (χ3n) is 2.96. The fourth-order valence-electron chi connectivity index (χ4n) is 1.80. The van der Waals surface area contributed by atoms with Crippen molar-refractivity contribution >= 4 is 21.6 Å². The highest BCUT2D eigenvalue weighted by Gasteiger charge is 2.18. The van der Waals surface area contributed by atoms with Gasteiger partial charge in [-0.1, -0.05) is 23.7 Å². The smallest absolute Gasteiger partial charge is 0.214 e. The lowest BCUT2D eigenvalue weighted by Crippen LogP contribution is -2.29. The Balaban J connectivity index is 1.96. The quantitative estimate of drug-likeness (QED) is 0.888. The maximum absolute atomic E-state index is 12.2. The summed E-state index contributed by atoms with van der Waals surface area (Å²) in [7, 11) is -1.74. The highest BCUT2D eigenvalue weighted by atomic mass is 35.5. The molecule has 0 spiro atoms. The summed E-state index contributed by atoms with van der Waals surface area (Å²) in [6, 6.07) is 7.24. The van der Waals surface area contributed by atoms with E-state index >= 15 is 0 Å². The first-order valence-electron chi connectivity index (χ1n) is 6.13. The molecule has 20 heavy (non-hydrogen) atoms. The summed E-state index contributed by atoms with van der Waals surface area (Å²) in [5, 5.41) is 0.616. The van der Waals surface area contributed by atoms with Gasteiger partial charge in [0.05, 0.1) is 18.6 Å². The third kappa shape index (κ3) is 4.06. The van der Waals surface area contributed by atoms with Crippen LogP contribution < -0.4 is 0 Å². The molecule has 1 N–H and O–H groups in total. The predicted octanol–water partition coefficient (Wildman–Crippen LogP) is 2.07. The number of benzene rings is 1. The Labute approximate surface area is 123 Å². The molecule has 1 aromatic heterocycles. The van der Waals surface area contributed by atoms with Crippen LogP contribution in [-0.2, 0) is 23.0 Å². The van der Waals surface area contributed by atoms with Crippen molar-refractivity contribution in [2.24, 2.45) is 0 Å². The number of nitrogens with zero attached hydrogens (tertiary/aromatic N) is 2. The zero-order chi connectivity index (χ0) is 14.6. The SMILES string of the molecule is CN(Cc1cnc[nH]1)S(=O)(=O)CCc1cccc(Cl)c1. The van der Waals surface area contributed by atoms with E-state index in [1.807, 2.05) is 12.1 Å². The van der Waals surface area contributed by atoms with E-state index in [9.17, 15) is 8.42 Å². The summed E-state index contributed by atoms with van der Waals surface area (Å²) >= 11 is 5.88. The lowest BCUT2D eigenvalue weighted by molar-refractivity contribution is 0.462. The molecule has 0 saturated heterocycles. The maximum Gasteiger partial charge on any atom is 0.214 e. The second-order valence-electron chi connectivity index (χ2n) is 4.53. The fourth-order valence-corrected chi connectivity index (χ4v) is 3.16. The van der Waals surface area contributed by atoms with Crippen LogP contribution in [0.2, 0.25) is 5.02 Å². The van der Waals surface area contributed by atoms with Crippen LogP contribution in [0.15, 0.2) is 36.8 Å². The summed E-state index contributed by atoms with van der Waals surface area (Å²) in [5.41, 5.74) is 1.68. The largest absolute Gasteiger partial charge is 0.347 e. The standard InChI is InChI=1S/C13H16ClN3O2S/c1-17(9-13-8-15-10-16-13)20(18,19)6-5-11-3-2-4-12(14)7-11/h2-4,7-8,10H,5-6,9H2,1H3,(H,15,16). The van der Waals surface area contributed by atoms with Gasteiger partial charge in [0.1, 0.15) is 0 Å². The van der Waals surface area contributed by atoms with Crippen molar-refractivity contribution in [2.45, 2.75) is 13.0 Å². The van der Waals surface area contributed by atoms with Gasteiger partial charge in [0.15, 0.2) is 0 Å². The van der Waals surface area contributed by atoms with Crippen molar-refractivity contribution in [1.29, 1.82) is 0 Å². The van der Waals surface area contributed by atoms with Crippen LogP contribution in [0, 0.1) is 0 Å². The molecular weight excluding hydrogens is 298 g/mol. The van der Waals surface area contributed by atoms with Gasteiger partial charge in [-0.15, -0.1) is 0 Å². The monoisotopic (exact) mass is 313 g/mol. The maximum atomic E-state index is 12.2. The molecule has 0 radical (unpaired) electrons. The number of imidazole rings is 1. The molecule has 7 heteroatoms. The van der Waals surface area contributed by atoms with Gasteiger partial charge in [-0.2, -0.15) is 4.31 Å². The molecular formula is C13H16ClN3O2S. The van der Waals surface area contributed by atoms with Crippen molar-refractivity contribution in [3.8, 4) is 0 Å². The number of hydrogen-bond acceptors (Lipinski definition) is 3. The first-order chi connectivity index (χ1) is 9.47. The van der Waals surface area contributed by atoms with Crippen molar-refractivity contribution in [2.75, 3.05) is 12.8 Å². The zero-order valence-electron chi connectivity index (χ0n) is 11.1. The second-order valence-corrected chi connectivity index (χ2v) is 7.16. The second kappa shape index (κ2) is 6.39. The molecule has 1 aromatic carbocycles. The highest BCUT2D eigenvalue weighted by Crippen LogP contribution is 2.13. The number of H-pyrrole nitrogens is 1. The van der Waals surface area contributed by atoms with Gasteiger partial charge in [0.2, 0.25) is 10.0 Å². The van der Waals surface area contributed by atoms with E-state index in [-0.39, 0.29) is 12.3 Å². The first-order valence-corrected chi connectivity index (χ1v) is 8.12. The Bertz CT molecular complexity index is 656. The number of rotatable bonds is 6. The average Bonchev–Trinajstić information content (AvgIpc) is 2.89. The molecule has 0 aliphatic carbocycles. The first kappa shape index (κ1) is 15.0. The Kier molecular flexibility index (Phi) is 4.80. The number of halogens is 1. The van der Waals surface area contributed by atoms with Gasteiger partial charge in [-0.3, -0.25) is 0 Å². The molecule has 0 saturated carbocycles. The molecule has 1 heterocycles. The number of sulfonamides is 1. The van der Waals surface area contributed by atoms with E-state index in [0.29, 0.717) is 11.4 Å². The molecule has 0 unspecified atom stereocenters. The van der Waals surface area contributed by atoms with Crippen LogP contribution in [0.4, 0.5) is 0 Å². The lowest BCUT2D eigenvalue weighted by atomic mass is 10.2. The van der Waals surface area contributed by atoms with Crippen LogP contribution in [0.3, 0.4) is 0 Å². The van der Waals surface area contributed by atoms with Gasteiger partial charge in [-0.25, -0.2) is 13.4 Å². The molecule has 108 valence electrons. The minimum absolute atomic E-state index is 0.0536. The third-order valence-corrected chi connectivity index (χ3v) is 4.99. The van der Waals surface area contributed by atoms with Crippen LogP contribution in [0.25, 0.3) is 0 Å². The van der Waals surface area contributed by atoms with Gasteiger partial charge in [0, 0.05) is 24.0 Å². The molecule has 2 aromatic rings. The van der Waals surface area contributed by atoms with Gasteiger partial charge in [-0.05, 0) is 24.1 Å². The van der Waals surface area contributed by atoms with E-state index in [1.165, 1.54) is 10.6 Å². The van der Waals surface area contributed by atoms with Crippen LogP contribution >= 0.6 is 11.6 Å². The number of hydrogen-bond donors (Lipinski definition) is 1. The summed E-state index contributed by atoms with van der Waals surface area (Å²) in [6.07, 6.45) is 3.58. The normalized spacial score (nSPS) is 11.9. The molecule has 0 bridgehead atoms. The Morgan fingerprint density at radius 1 is 1.40 bits per heavy atom. The van der Waals surface area contributed by atoms with Gasteiger partial charge < -0.3 is 4.98 Å². The number of aromatic amines is 1. The molecule has 0 atom stereocenters. The van der Waals surface area contributed by atoms with E-state index in [2.05, 4.69) is 9.97 Å². The van der Waals surface area contributed by atoms with Gasteiger partial charge in [0.25, 0.3) is 0 Å². The Hall–Kier alpha value is -1.37. The molecule has 0 fully saturated rings. The van der Waals surface area contributed by atoms with Crippen LogP contribution in [0.5, 0.6) is 0 Å². The van der Waals surface area contributed by atoms with Crippen molar-refractivity contribution in [1.82, 2.24) is 14.3 Å². The van der Waals surface area contributed by atoms with Crippen LogP contribution in [-0.4, -0.2) is 35.5 Å². The fraction of sp³-hybridized carbons (Fsp3) is 0.308. The van der Waals surface area contributed by atoms with E-state index in [0.717, 1.165) is 11.3 Å². The van der Waals surface area contributed by atoms with Gasteiger partial charge >= 0.3 is 0 Å². The number of aryl methyl sites for hydroxylation is 1. The van der Waals surface area contributed by atoms with Crippen LogP contribution in [0.1, 0.15) is 11.3 Å². The van der Waals surface area contributed by atoms with E-state index < -0.39 is 10.0 Å². The summed E-state index contributed by atoms with van der Waals surface area (Å²) in [5.74, 6) is 0.0536. The summed E-state index contributed by atoms with van der Waals surface area (Å²) in [4.78, 5) is 6.76. The van der Waals surface area contributed by atoms with E-state index in [4.69, 9.17) is 11.6 Å². The highest BCUT2D eigenvalue weighted by molar-refractivity contribution is 7.89. The van der Waals surface area contributed by atoms with Crippen molar-refractivity contribution < 1.29 is 8.42 Å². The Morgan fingerprint density at radius 3 is 2.85 bits per heavy atom. The molecule has 0 amide bonds. The van der Waals surface area contributed by atoms with Crippen molar-refractivity contribution in [3.05, 3.63) is 53.1 Å². The topological polar surface area (TPSA) is 66.1 Å². The minimum atomic E-state index is -3.30. The number of aromatic nitrogens is 2. The summed E-state index contributed by atoms with van der Waals surface area (Å²) < 4.78 is 25.7. The minimum Gasteiger partial charge on any atom is -0.347 e.